The fourth-order valence-corrected chi connectivity index (χ4v) is 1.91. The van der Waals surface area contributed by atoms with Crippen molar-refractivity contribution in [3.05, 3.63) is 35.5 Å². The third-order valence-corrected chi connectivity index (χ3v) is 2.76. The third-order valence-electron chi connectivity index (χ3n) is 2.76. The van der Waals surface area contributed by atoms with Gasteiger partial charge in [-0.15, -0.1) is 0 Å². The number of hydrogen-bond acceptors (Lipinski definition) is 5. The number of rotatable bonds is 5. The van der Waals surface area contributed by atoms with E-state index < -0.39 is 5.97 Å². The maximum Gasteiger partial charge on any atom is 0.358 e. The van der Waals surface area contributed by atoms with Gasteiger partial charge in [0, 0.05) is 12.6 Å². The zero-order valence-electron chi connectivity index (χ0n) is 11.6. The Bertz CT molecular complexity index is 619. The molecule has 1 heterocycles. The molecule has 0 atom stereocenters. The van der Waals surface area contributed by atoms with E-state index in [0.29, 0.717) is 17.1 Å². The van der Waals surface area contributed by atoms with Crippen LogP contribution < -0.4 is 4.74 Å². The highest BCUT2D eigenvalue weighted by atomic mass is 16.5. The molecule has 0 amide bonds. The molecule has 0 radical (unpaired) electrons. The molecule has 0 aliphatic carbocycles. The van der Waals surface area contributed by atoms with E-state index in [2.05, 4.69) is 5.16 Å². The molecular weight excluding hydrogens is 260 g/mol. The van der Waals surface area contributed by atoms with Crippen LogP contribution in [0.25, 0.3) is 11.3 Å². The smallest absolute Gasteiger partial charge is 0.358 e. The molecule has 106 valence electrons. The molecule has 0 fully saturated rings. The number of aromatic nitrogens is 1. The summed E-state index contributed by atoms with van der Waals surface area (Å²) in [5.74, 6) is -0.135. The normalized spacial score (nSPS) is 10.8. The summed E-state index contributed by atoms with van der Waals surface area (Å²) in [6, 6.07) is 7.08. The van der Waals surface area contributed by atoms with Crippen LogP contribution in [0.3, 0.4) is 0 Å². The molecule has 6 heteroatoms. The maximum atomic E-state index is 10.9. The predicted octanol–water partition coefficient (Wildman–Crippen LogP) is 2.11. The van der Waals surface area contributed by atoms with Gasteiger partial charge in [0.15, 0.2) is 11.5 Å². The molecule has 0 saturated carbocycles. The van der Waals surface area contributed by atoms with E-state index in [-0.39, 0.29) is 5.69 Å². The van der Waals surface area contributed by atoms with Crippen molar-refractivity contribution in [2.45, 2.75) is 6.54 Å². The zero-order valence-corrected chi connectivity index (χ0v) is 11.6. The van der Waals surface area contributed by atoms with Crippen LogP contribution in [-0.2, 0) is 6.54 Å². The van der Waals surface area contributed by atoms with E-state index in [4.69, 9.17) is 14.4 Å². The van der Waals surface area contributed by atoms with Gasteiger partial charge in [-0.1, -0.05) is 11.2 Å². The SMILES string of the molecule is COc1ccc(CN(C)C)cc1-c1cc(C(=O)O)no1. The molecule has 0 unspecified atom stereocenters. The fourth-order valence-electron chi connectivity index (χ4n) is 1.91. The minimum atomic E-state index is -1.12. The van der Waals surface area contributed by atoms with Crippen molar-refractivity contribution in [2.24, 2.45) is 0 Å². The first-order valence-electron chi connectivity index (χ1n) is 6.03. The molecule has 2 rings (SSSR count). The van der Waals surface area contributed by atoms with Gasteiger partial charge in [0.25, 0.3) is 0 Å². The van der Waals surface area contributed by atoms with Gasteiger partial charge < -0.3 is 19.3 Å². The average molecular weight is 276 g/mol. The lowest BCUT2D eigenvalue weighted by atomic mass is 10.1. The Balaban J connectivity index is 2.43. The summed E-state index contributed by atoms with van der Waals surface area (Å²) < 4.78 is 10.4. The van der Waals surface area contributed by atoms with Crippen LogP contribution in [0.15, 0.2) is 28.8 Å². The van der Waals surface area contributed by atoms with Crippen LogP contribution in [0.1, 0.15) is 16.1 Å². The van der Waals surface area contributed by atoms with Gasteiger partial charge in [0.05, 0.1) is 12.7 Å². The summed E-state index contributed by atoms with van der Waals surface area (Å²) >= 11 is 0. The molecule has 0 spiro atoms. The van der Waals surface area contributed by atoms with Crippen molar-refractivity contribution in [3.63, 3.8) is 0 Å². The number of aromatic carboxylic acids is 1. The Morgan fingerprint density at radius 3 is 2.70 bits per heavy atom. The Kier molecular flexibility index (Phi) is 4.05. The predicted molar refractivity (Wildman–Crippen MR) is 72.8 cm³/mol. The Morgan fingerprint density at radius 1 is 1.40 bits per heavy atom. The van der Waals surface area contributed by atoms with Crippen LogP contribution in [-0.4, -0.2) is 42.3 Å². The van der Waals surface area contributed by atoms with Crippen molar-refractivity contribution < 1.29 is 19.2 Å². The second-order valence-corrected chi connectivity index (χ2v) is 4.65. The van der Waals surface area contributed by atoms with E-state index in [1.807, 2.05) is 37.2 Å². The first-order chi connectivity index (χ1) is 9.51. The Labute approximate surface area is 116 Å². The largest absolute Gasteiger partial charge is 0.496 e. The molecule has 0 saturated heterocycles. The van der Waals surface area contributed by atoms with Crippen LogP contribution in [0.2, 0.25) is 0 Å². The molecule has 1 N–H and O–H groups in total. The van der Waals surface area contributed by atoms with Crippen LogP contribution in [0.5, 0.6) is 5.75 Å². The molecule has 0 aliphatic heterocycles. The molecule has 1 aromatic carbocycles. The van der Waals surface area contributed by atoms with Gasteiger partial charge in [-0.05, 0) is 31.8 Å². The summed E-state index contributed by atoms with van der Waals surface area (Å²) in [7, 11) is 5.50. The first-order valence-corrected chi connectivity index (χ1v) is 6.03. The quantitative estimate of drug-likeness (QED) is 0.901. The molecule has 1 aromatic heterocycles. The zero-order chi connectivity index (χ0) is 14.7. The van der Waals surface area contributed by atoms with Crippen LogP contribution in [0.4, 0.5) is 0 Å². The summed E-state index contributed by atoms with van der Waals surface area (Å²) in [4.78, 5) is 12.9. The highest BCUT2D eigenvalue weighted by Crippen LogP contribution is 2.31. The van der Waals surface area contributed by atoms with Crippen LogP contribution in [0, 0.1) is 0 Å². The third kappa shape index (κ3) is 2.97. The van der Waals surface area contributed by atoms with E-state index in [1.54, 1.807) is 7.11 Å². The van der Waals surface area contributed by atoms with E-state index in [0.717, 1.165) is 12.1 Å². The molecule has 0 bridgehead atoms. The number of nitrogens with zero attached hydrogens (tertiary/aromatic N) is 2. The molecule has 6 nitrogen and oxygen atoms in total. The molecule has 2 aromatic rings. The fraction of sp³-hybridized carbons (Fsp3) is 0.286. The average Bonchev–Trinajstić information content (AvgIpc) is 2.87. The summed E-state index contributed by atoms with van der Waals surface area (Å²) in [5.41, 5.74) is 1.63. The minimum Gasteiger partial charge on any atom is -0.496 e. The number of carbonyl (C=O) groups is 1. The number of methoxy groups -OCH3 is 1. The van der Waals surface area contributed by atoms with Gasteiger partial charge in [-0.3, -0.25) is 0 Å². The van der Waals surface area contributed by atoms with Gasteiger partial charge in [-0.2, -0.15) is 0 Å². The minimum absolute atomic E-state index is 0.125. The number of carboxylic acid groups (broad SMARTS) is 1. The van der Waals surface area contributed by atoms with Crippen molar-refractivity contribution in [1.29, 1.82) is 0 Å². The number of carboxylic acids is 1. The lowest BCUT2D eigenvalue weighted by Gasteiger charge is -2.12. The molecule has 0 aliphatic rings. The highest BCUT2D eigenvalue weighted by Gasteiger charge is 2.16. The summed E-state index contributed by atoms with van der Waals surface area (Å²) in [6.45, 7) is 0.761. The molecule has 20 heavy (non-hydrogen) atoms. The van der Waals surface area contributed by atoms with Gasteiger partial charge in [-0.25, -0.2) is 4.79 Å². The Hall–Kier alpha value is -2.34. The number of benzene rings is 1. The van der Waals surface area contributed by atoms with Crippen LogP contribution >= 0.6 is 0 Å². The van der Waals surface area contributed by atoms with Gasteiger partial charge >= 0.3 is 5.97 Å². The summed E-state index contributed by atoms with van der Waals surface area (Å²) in [5, 5.41) is 12.4. The second-order valence-electron chi connectivity index (χ2n) is 4.65. The topological polar surface area (TPSA) is 75.8 Å². The number of hydrogen-bond donors (Lipinski definition) is 1. The van der Waals surface area contributed by atoms with Crippen molar-refractivity contribution in [3.8, 4) is 17.1 Å². The Morgan fingerprint density at radius 2 is 2.15 bits per heavy atom. The van der Waals surface area contributed by atoms with Gasteiger partial charge in [0.1, 0.15) is 5.75 Å². The van der Waals surface area contributed by atoms with Gasteiger partial charge in [0.2, 0.25) is 0 Å². The monoisotopic (exact) mass is 276 g/mol. The second kappa shape index (κ2) is 5.75. The van der Waals surface area contributed by atoms with Crippen molar-refractivity contribution in [2.75, 3.05) is 21.2 Å². The standard InChI is InChI=1S/C14H16N2O4/c1-16(2)8-9-4-5-12(19-3)10(6-9)13-7-11(14(17)18)15-20-13/h4-7H,8H2,1-3H3,(H,17,18). The summed E-state index contributed by atoms with van der Waals surface area (Å²) in [6.07, 6.45) is 0. The lowest BCUT2D eigenvalue weighted by Crippen LogP contribution is -2.10. The van der Waals surface area contributed by atoms with Crippen molar-refractivity contribution >= 4 is 5.97 Å². The van der Waals surface area contributed by atoms with E-state index in [1.165, 1.54) is 6.07 Å². The van der Waals surface area contributed by atoms with E-state index >= 15 is 0 Å². The maximum absolute atomic E-state index is 10.9. The number of ether oxygens (including phenoxy) is 1. The first kappa shape index (κ1) is 14.1. The molecular formula is C14H16N2O4. The van der Waals surface area contributed by atoms with Crippen molar-refractivity contribution in [1.82, 2.24) is 10.1 Å². The van der Waals surface area contributed by atoms with E-state index in [9.17, 15) is 4.79 Å². The highest BCUT2D eigenvalue weighted by molar-refractivity contribution is 5.86. The lowest BCUT2D eigenvalue weighted by molar-refractivity contribution is 0.0686.